The fourth-order valence-electron chi connectivity index (χ4n) is 3.42. The molecule has 1 aliphatic heterocycles. The number of ether oxygens (including phenoxy) is 1. The highest BCUT2D eigenvalue weighted by Gasteiger charge is 2.33. The van der Waals surface area contributed by atoms with Crippen molar-refractivity contribution in [3.05, 3.63) is 65.0 Å². The number of rotatable bonds is 5. The summed E-state index contributed by atoms with van der Waals surface area (Å²) in [7, 11) is 0. The van der Waals surface area contributed by atoms with Crippen molar-refractivity contribution in [2.24, 2.45) is 0 Å². The number of hydrogen-bond acceptors (Lipinski definition) is 3. The average Bonchev–Trinajstić information content (AvgIpc) is 3.18. The molecular weight excluding hydrogens is 355 g/mol. The lowest BCUT2D eigenvalue weighted by Crippen LogP contribution is -2.24. The van der Waals surface area contributed by atoms with Crippen molar-refractivity contribution in [3.8, 4) is 0 Å². The van der Waals surface area contributed by atoms with Crippen LogP contribution < -0.4 is 0 Å². The highest BCUT2D eigenvalue weighted by molar-refractivity contribution is 5.75. The molecule has 0 aliphatic carbocycles. The van der Waals surface area contributed by atoms with Crippen LogP contribution >= 0.6 is 0 Å². The van der Waals surface area contributed by atoms with Gasteiger partial charge in [-0.2, -0.15) is 0 Å². The summed E-state index contributed by atoms with van der Waals surface area (Å²) >= 11 is 0. The third kappa shape index (κ3) is 3.99. The number of aromatic amines is 1. The SMILES string of the molecule is Cc1ccc2nc(COC3CN(Cc4ccc(F)c(F)c4)CC3F)[nH]c2c1. The molecule has 2 unspecified atom stereocenters. The first-order valence-electron chi connectivity index (χ1n) is 8.85. The number of alkyl halides is 1. The van der Waals surface area contributed by atoms with Crippen molar-refractivity contribution >= 4 is 11.0 Å². The van der Waals surface area contributed by atoms with E-state index in [0.29, 0.717) is 24.5 Å². The van der Waals surface area contributed by atoms with Gasteiger partial charge in [0, 0.05) is 19.6 Å². The molecule has 1 N–H and O–H groups in total. The minimum Gasteiger partial charge on any atom is -0.366 e. The van der Waals surface area contributed by atoms with Gasteiger partial charge in [0.15, 0.2) is 11.6 Å². The number of imidazole rings is 1. The molecule has 0 bridgehead atoms. The van der Waals surface area contributed by atoms with Crippen LogP contribution in [0.3, 0.4) is 0 Å². The van der Waals surface area contributed by atoms with Crippen LogP contribution in [0, 0.1) is 18.6 Å². The highest BCUT2D eigenvalue weighted by atomic mass is 19.2. The second-order valence-electron chi connectivity index (χ2n) is 7.01. The molecule has 2 aromatic carbocycles. The van der Waals surface area contributed by atoms with Gasteiger partial charge in [0.2, 0.25) is 0 Å². The molecule has 1 fully saturated rings. The molecule has 1 saturated heterocycles. The van der Waals surface area contributed by atoms with Crippen LogP contribution in [0.25, 0.3) is 11.0 Å². The maximum atomic E-state index is 14.3. The van der Waals surface area contributed by atoms with Crippen LogP contribution in [0.5, 0.6) is 0 Å². The number of H-pyrrole nitrogens is 1. The molecule has 27 heavy (non-hydrogen) atoms. The fraction of sp³-hybridized carbons (Fsp3) is 0.350. The predicted octanol–water partition coefficient (Wildman–Crippen LogP) is 3.89. The quantitative estimate of drug-likeness (QED) is 0.736. The summed E-state index contributed by atoms with van der Waals surface area (Å²) in [5.74, 6) is -1.12. The van der Waals surface area contributed by atoms with E-state index in [1.807, 2.05) is 30.0 Å². The first kappa shape index (κ1) is 18.0. The summed E-state index contributed by atoms with van der Waals surface area (Å²) in [6, 6.07) is 9.66. The van der Waals surface area contributed by atoms with Gasteiger partial charge in [-0.05, 0) is 42.3 Å². The Labute approximate surface area is 155 Å². The van der Waals surface area contributed by atoms with Gasteiger partial charge in [0.05, 0.1) is 11.0 Å². The first-order valence-corrected chi connectivity index (χ1v) is 8.85. The smallest absolute Gasteiger partial charge is 0.159 e. The number of likely N-dealkylation sites (tertiary alicyclic amines) is 1. The van der Waals surface area contributed by atoms with Crippen LogP contribution in [-0.2, 0) is 17.9 Å². The molecule has 1 aliphatic rings. The molecule has 1 aromatic heterocycles. The van der Waals surface area contributed by atoms with Gasteiger partial charge in [-0.3, -0.25) is 4.90 Å². The number of benzene rings is 2. The van der Waals surface area contributed by atoms with Crippen LogP contribution in [0.4, 0.5) is 13.2 Å². The van der Waals surface area contributed by atoms with Crippen molar-refractivity contribution < 1.29 is 17.9 Å². The molecule has 0 amide bonds. The molecule has 0 spiro atoms. The fourth-order valence-corrected chi connectivity index (χ4v) is 3.42. The Balaban J connectivity index is 1.35. The summed E-state index contributed by atoms with van der Waals surface area (Å²) in [4.78, 5) is 9.48. The molecule has 2 heterocycles. The minimum absolute atomic E-state index is 0.192. The molecule has 3 aromatic rings. The molecule has 2 atom stereocenters. The number of nitrogens with one attached hydrogen (secondary N) is 1. The zero-order valence-electron chi connectivity index (χ0n) is 14.9. The van der Waals surface area contributed by atoms with E-state index in [1.54, 1.807) is 0 Å². The Bertz CT molecular complexity index is 959. The van der Waals surface area contributed by atoms with Gasteiger partial charge >= 0.3 is 0 Å². The van der Waals surface area contributed by atoms with Crippen LogP contribution in [-0.4, -0.2) is 40.2 Å². The van der Waals surface area contributed by atoms with E-state index in [1.165, 1.54) is 6.07 Å². The zero-order valence-corrected chi connectivity index (χ0v) is 14.9. The third-order valence-electron chi connectivity index (χ3n) is 4.78. The summed E-state index contributed by atoms with van der Waals surface area (Å²) in [6.07, 6.45) is -1.72. The Morgan fingerprint density at radius 3 is 2.81 bits per heavy atom. The molecule has 142 valence electrons. The Hall–Kier alpha value is -2.38. The average molecular weight is 375 g/mol. The van der Waals surface area contributed by atoms with E-state index in [-0.39, 0.29) is 13.2 Å². The lowest BCUT2D eigenvalue weighted by Gasteiger charge is -2.15. The Kier molecular flexibility index (Phi) is 4.88. The van der Waals surface area contributed by atoms with E-state index in [2.05, 4.69) is 9.97 Å². The summed E-state index contributed by atoms with van der Waals surface area (Å²) in [5, 5.41) is 0. The molecular formula is C20H20F3N3O. The Morgan fingerprint density at radius 2 is 2.00 bits per heavy atom. The van der Waals surface area contributed by atoms with Crippen LogP contribution in [0.2, 0.25) is 0 Å². The van der Waals surface area contributed by atoms with E-state index >= 15 is 0 Å². The summed E-state index contributed by atoms with van der Waals surface area (Å²) < 4.78 is 46.4. The van der Waals surface area contributed by atoms with Crippen LogP contribution in [0.15, 0.2) is 36.4 Å². The van der Waals surface area contributed by atoms with Gasteiger partial charge in [-0.1, -0.05) is 12.1 Å². The van der Waals surface area contributed by atoms with Crippen molar-refractivity contribution in [1.82, 2.24) is 14.9 Å². The highest BCUT2D eigenvalue weighted by Crippen LogP contribution is 2.21. The number of aryl methyl sites for hydroxylation is 1. The lowest BCUT2D eigenvalue weighted by atomic mass is 10.2. The van der Waals surface area contributed by atoms with Gasteiger partial charge in [0.25, 0.3) is 0 Å². The topological polar surface area (TPSA) is 41.1 Å². The molecule has 4 nitrogen and oxygen atoms in total. The molecule has 0 radical (unpaired) electrons. The maximum Gasteiger partial charge on any atom is 0.159 e. The standard InChI is InChI=1S/C20H20F3N3O/c1-12-2-5-17-18(6-12)25-20(24-17)11-27-19-10-26(9-16(19)23)8-13-3-4-14(21)15(22)7-13/h2-7,16,19H,8-11H2,1H3,(H,24,25). The lowest BCUT2D eigenvalue weighted by molar-refractivity contribution is 0.00863. The summed E-state index contributed by atoms with van der Waals surface area (Å²) in [6.45, 7) is 3.13. The van der Waals surface area contributed by atoms with Crippen molar-refractivity contribution in [3.63, 3.8) is 0 Å². The monoisotopic (exact) mass is 375 g/mol. The summed E-state index contributed by atoms with van der Waals surface area (Å²) in [5.41, 5.74) is 3.51. The largest absolute Gasteiger partial charge is 0.366 e. The van der Waals surface area contributed by atoms with Gasteiger partial charge in [0.1, 0.15) is 24.7 Å². The number of halogens is 3. The van der Waals surface area contributed by atoms with Gasteiger partial charge < -0.3 is 9.72 Å². The van der Waals surface area contributed by atoms with E-state index in [9.17, 15) is 13.2 Å². The number of aromatic nitrogens is 2. The number of nitrogens with zero attached hydrogens (tertiary/aromatic N) is 2. The zero-order chi connectivity index (χ0) is 19.0. The molecule has 0 saturated carbocycles. The normalized spacial score (nSPS) is 20.6. The van der Waals surface area contributed by atoms with Crippen LogP contribution in [0.1, 0.15) is 17.0 Å². The van der Waals surface area contributed by atoms with Crippen molar-refractivity contribution in [1.29, 1.82) is 0 Å². The predicted molar refractivity (Wildman–Crippen MR) is 95.9 cm³/mol. The third-order valence-corrected chi connectivity index (χ3v) is 4.78. The molecule has 4 rings (SSSR count). The first-order chi connectivity index (χ1) is 13.0. The minimum atomic E-state index is -1.14. The van der Waals surface area contributed by atoms with E-state index < -0.39 is 23.9 Å². The second-order valence-corrected chi connectivity index (χ2v) is 7.01. The van der Waals surface area contributed by atoms with Crippen molar-refractivity contribution in [2.75, 3.05) is 13.1 Å². The van der Waals surface area contributed by atoms with E-state index in [0.717, 1.165) is 28.7 Å². The van der Waals surface area contributed by atoms with Gasteiger partial charge in [-0.15, -0.1) is 0 Å². The Morgan fingerprint density at radius 1 is 1.15 bits per heavy atom. The van der Waals surface area contributed by atoms with E-state index in [4.69, 9.17) is 4.74 Å². The van der Waals surface area contributed by atoms with Gasteiger partial charge in [-0.25, -0.2) is 18.2 Å². The maximum absolute atomic E-state index is 14.3. The van der Waals surface area contributed by atoms with Crippen molar-refractivity contribution in [2.45, 2.75) is 32.4 Å². The number of hydrogen-bond donors (Lipinski definition) is 1. The molecule has 7 heteroatoms. The number of fused-ring (bicyclic) bond motifs is 1. The second kappa shape index (κ2) is 7.32.